The molecule has 0 amide bonds. The maximum absolute atomic E-state index is 5.47. The van der Waals surface area contributed by atoms with Gasteiger partial charge in [-0.15, -0.1) is 11.3 Å². The molecule has 3 heterocycles. The minimum absolute atomic E-state index is 0.320. The van der Waals surface area contributed by atoms with Gasteiger partial charge >= 0.3 is 0 Å². The summed E-state index contributed by atoms with van der Waals surface area (Å²) in [5.41, 5.74) is 3.54. The lowest BCUT2D eigenvalue weighted by atomic mass is 10.0. The molecule has 29 heavy (non-hydrogen) atoms. The van der Waals surface area contributed by atoms with E-state index in [0.29, 0.717) is 6.79 Å². The van der Waals surface area contributed by atoms with Gasteiger partial charge in [0, 0.05) is 10.3 Å². The van der Waals surface area contributed by atoms with Crippen molar-refractivity contribution >= 4 is 28.1 Å². The fourth-order valence-corrected chi connectivity index (χ4v) is 4.22. The highest BCUT2D eigenvalue weighted by Gasteiger charge is 2.13. The Hall–Kier alpha value is -3.12. The molecule has 0 fully saturated rings. The molecule has 0 atom stereocenters. The summed E-state index contributed by atoms with van der Waals surface area (Å²) in [6.07, 6.45) is 4.70. The van der Waals surface area contributed by atoms with Gasteiger partial charge in [-0.05, 0) is 66.1 Å². The van der Waals surface area contributed by atoms with Gasteiger partial charge < -0.3 is 14.8 Å². The Labute approximate surface area is 173 Å². The molecule has 146 valence electrons. The third-order valence-corrected chi connectivity index (χ3v) is 5.95. The van der Waals surface area contributed by atoms with Gasteiger partial charge in [0.25, 0.3) is 0 Å². The fourth-order valence-electron chi connectivity index (χ4n) is 3.58. The van der Waals surface area contributed by atoms with Crippen molar-refractivity contribution in [2.24, 2.45) is 0 Å². The highest BCUT2D eigenvalue weighted by atomic mass is 32.1. The van der Waals surface area contributed by atoms with E-state index < -0.39 is 0 Å². The summed E-state index contributed by atoms with van der Waals surface area (Å²) >= 11 is 1.74. The number of thiophene rings is 1. The summed E-state index contributed by atoms with van der Waals surface area (Å²) in [5.74, 6) is 2.58. The van der Waals surface area contributed by atoms with Crippen molar-refractivity contribution in [2.75, 3.05) is 12.1 Å². The molecule has 0 bridgehead atoms. The number of rotatable bonds is 7. The van der Waals surface area contributed by atoms with Crippen LogP contribution in [-0.2, 0) is 19.4 Å². The predicted octanol–water partition coefficient (Wildman–Crippen LogP) is 5.21. The number of nitrogens with one attached hydrogen (secondary N) is 1. The number of hydrogen-bond donors (Lipinski definition) is 1. The van der Waals surface area contributed by atoms with Crippen molar-refractivity contribution in [2.45, 2.75) is 25.8 Å². The summed E-state index contributed by atoms with van der Waals surface area (Å²) in [5, 5.41) is 6.62. The molecule has 1 N–H and O–H groups in total. The summed E-state index contributed by atoms with van der Waals surface area (Å²) < 4.78 is 10.9. The molecule has 0 unspecified atom stereocenters. The number of aryl methyl sites for hydroxylation is 2. The second-order valence-corrected chi connectivity index (χ2v) is 8.08. The molecule has 1 aliphatic heterocycles. The monoisotopic (exact) mass is 403 g/mol. The Morgan fingerprint density at radius 1 is 0.931 bits per heavy atom. The topological polar surface area (TPSA) is 56.3 Å². The van der Waals surface area contributed by atoms with Crippen LogP contribution < -0.4 is 14.8 Å². The molecule has 5 nitrogen and oxygen atoms in total. The van der Waals surface area contributed by atoms with E-state index in [-0.39, 0.29) is 0 Å². The second-order valence-electron chi connectivity index (χ2n) is 7.05. The molecule has 0 saturated heterocycles. The fraction of sp³-hybridized carbons (Fsp3) is 0.217. The average Bonchev–Trinajstić information content (AvgIpc) is 3.43. The van der Waals surface area contributed by atoms with Crippen molar-refractivity contribution < 1.29 is 9.47 Å². The van der Waals surface area contributed by atoms with Crippen molar-refractivity contribution in [1.29, 1.82) is 0 Å². The Kier molecular flexibility index (Phi) is 5.01. The number of fused-ring (bicyclic) bond motifs is 2. The van der Waals surface area contributed by atoms with Crippen LogP contribution in [0.3, 0.4) is 0 Å². The molecule has 6 heteroatoms. The maximum Gasteiger partial charge on any atom is 0.231 e. The molecule has 0 radical (unpaired) electrons. The minimum atomic E-state index is 0.320. The molecule has 4 aromatic rings. The smallest absolute Gasteiger partial charge is 0.231 e. The van der Waals surface area contributed by atoms with E-state index in [1.165, 1.54) is 16.0 Å². The quantitative estimate of drug-likeness (QED) is 0.459. The van der Waals surface area contributed by atoms with Gasteiger partial charge in [-0.3, -0.25) is 0 Å². The number of hydrogen-bond acceptors (Lipinski definition) is 6. The Morgan fingerprint density at radius 2 is 1.79 bits per heavy atom. The molecular formula is C23H21N3O2S. The summed E-state index contributed by atoms with van der Waals surface area (Å²) in [6, 6.07) is 16.9. The largest absolute Gasteiger partial charge is 0.454 e. The molecule has 5 rings (SSSR count). The van der Waals surface area contributed by atoms with Gasteiger partial charge in [0.15, 0.2) is 11.5 Å². The normalized spacial score (nSPS) is 12.4. The van der Waals surface area contributed by atoms with Crippen LogP contribution >= 0.6 is 11.3 Å². The summed E-state index contributed by atoms with van der Waals surface area (Å²) in [4.78, 5) is 10.2. The maximum atomic E-state index is 5.47. The zero-order valence-electron chi connectivity index (χ0n) is 15.9. The van der Waals surface area contributed by atoms with E-state index >= 15 is 0 Å². The van der Waals surface area contributed by atoms with Gasteiger partial charge in [0.05, 0.1) is 12.1 Å². The molecule has 2 aromatic carbocycles. The lowest BCUT2D eigenvalue weighted by Crippen LogP contribution is -2.01. The van der Waals surface area contributed by atoms with Gasteiger partial charge in [0.2, 0.25) is 6.79 Å². The highest BCUT2D eigenvalue weighted by Crippen LogP contribution is 2.33. The van der Waals surface area contributed by atoms with Crippen LogP contribution in [-0.4, -0.2) is 16.8 Å². The summed E-state index contributed by atoms with van der Waals surface area (Å²) in [7, 11) is 0. The van der Waals surface area contributed by atoms with Crippen LogP contribution in [0.1, 0.15) is 22.4 Å². The van der Waals surface area contributed by atoms with Crippen LogP contribution in [0, 0.1) is 0 Å². The first-order valence-electron chi connectivity index (χ1n) is 9.73. The first kappa shape index (κ1) is 17.9. The zero-order chi connectivity index (χ0) is 19.5. The van der Waals surface area contributed by atoms with Crippen molar-refractivity contribution in [3.63, 3.8) is 0 Å². The van der Waals surface area contributed by atoms with Gasteiger partial charge in [-0.1, -0.05) is 18.2 Å². The van der Waals surface area contributed by atoms with E-state index in [1.54, 1.807) is 17.7 Å². The SMILES string of the molecule is c1csc(CNc2ncnc3ccc(CCCc4ccc5c(c4)OCO5)cc23)c1. The average molecular weight is 404 g/mol. The van der Waals surface area contributed by atoms with Crippen LogP contribution in [0.15, 0.2) is 60.2 Å². The molecule has 0 aliphatic carbocycles. The molecule has 2 aromatic heterocycles. The number of anilines is 1. The Bertz CT molecular complexity index is 1130. The standard InChI is InChI=1S/C23H21N3O2S/c1(4-17-7-9-21-22(12-17)28-15-27-21)3-16-6-8-20-19(11-16)23(26-14-25-20)24-13-18-5-2-10-29-18/h2,5-12,14H,1,3-4,13,15H2,(H,24,25,26). The highest BCUT2D eigenvalue weighted by molar-refractivity contribution is 7.09. The van der Waals surface area contributed by atoms with Crippen LogP contribution in [0.5, 0.6) is 11.5 Å². The number of benzene rings is 2. The lowest BCUT2D eigenvalue weighted by molar-refractivity contribution is 0.174. The van der Waals surface area contributed by atoms with Crippen LogP contribution in [0.25, 0.3) is 10.9 Å². The summed E-state index contributed by atoms with van der Waals surface area (Å²) in [6.45, 7) is 1.10. The molecule has 0 spiro atoms. The number of aromatic nitrogens is 2. The van der Waals surface area contributed by atoms with Crippen LogP contribution in [0.2, 0.25) is 0 Å². The third kappa shape index (κ3) is 4.03. The van der Waals surface area contributed by atoms with Gasteiger partial charge in [0.1, 0.15) is 12.1 Å². The van der Waals surface area contributed by atoms with Crippen molar-refractivity contribution in [3.8, 4) is 11.5 Å². The second kappa shape index (κ2) is 8.09. The first-order chi connectivity index (χ1) is 14.3. The number of nitrogens with zero attached hydrogens (tertiary/aromatic N) is 2. The van der Waals surface area contributed by atoms with Crippen LogP contribution in [0.4, 0.5) is 5.82 Å². The molecule has 0 saturated carbocycles. The van der Waals surface area contributed by atoms with Gasteiger partial charge in [-0.2, -0.15) is 0 Å². The minimum Gasteiger partial charge on any atom is -0.454 e. The van der Waals surface area contributed by atoms with E-state index in [9.17, 15) is 0 Å². The van der Waals surface area contributed by atoms with E-state index in [1.807, 2.05) is 6.07 Å². The number of ether oxygens (including phenoxy) is 2. The third-order valence-electron chi connectivity index (χ3n) is 5.08. The predicted molar refractivity (Wildman–Crippen MR) is 116 cm³/mol. The van der Waals surface area contributed by atoms with E-state index in [4.69, 9.17) is 9.47 Å². The van der Waals surface area contributed by atoms with E-state index in [0.717, 1.165) is 54.0 Å². The van der Waals surface area contributed by atoms with Crippen molar-refractivity contribution in [3.05, 3.63) is 76.2 Å². The lowest BCUT2D eigenvalue weighted by Gasteiger charge is -2.09. The van der Waals surface area contributed by atoms with Crippen molar-refractivity contribution in [1.82, 2.24) is 9.97 Å². The Morgan fingerprint density at radius 3 is 2.69 bits per heavy atom. The Balaban J connectivity index is 1.27. The molecule has 1 aliphatic rings. The molecular weight excluding hydrogens is 382 g/mol. The van der Waals surface area contributed by atoms with Gasteiger partial charge in [-0.25, -0.2) is 9.97 Å². The van der Waals surface area contributed by atoms with E-state index in [2.05, 4.69) is 63.1 Å². The zero-order valence-corrected chi connectivity index (χ0v) is 16.7. The first-order valence-corrected chi connectivity index (χ1v) is 10.6.